The van der Waals surface area contributed by atoms with Crippen molar-refractivity contribution in [1.82, 2.24) is 4.90 Å². The minimum absolute atomic E-state index is 0.0456. The molecule has 5 heteroatoms. The lowest BCUT2D eigenvalue weighted by molar-refractivity contribution is -0.137. The van der Waals surface area contributed by atoms with Gasteiger partial charge in [0.05, 0.1) is 5.41 Å². The van der Waals surface area contributed by atoms with Crippen molar-refractivity contribution in [1.29, 1.82) is 0 Å². The molecule has 4 nitrogen and oxygen atoms in total. The van der Waals surface area contributed by atoms with Crippen LogP contribution in [-0.2, 0) is 15.0 Å². The van der Waals surface area contributed by atoms with E-state index in [4.69, 9.17) is 11.6 Å². The number of hydrogen-bond donors (Lipinski definition) is 1. The molecule has 1 heterocycles. The molecule has 1 N–H and O–H groups in total. The summed E-state index contributed by atoms with van der Waals surface area (Å²) in [6.45, 7) is 1.27. The van der Waals surface area contributed by atoms with Crippen LogP contribution >= 0.6 is 11.6 Å². The van der Waals surface area contributed by atoms with Crippen LogP contribution in [0.25, 0.3) is 0 Å². The summed E-state index contributed by atoms with van der Waals surface area (Å²) in [5, 5.41) is 3.64. The van der Waals surface area contributed by atoms with Gasteiger partial charge >= 0.3 is 0 Å². The summed E-state index contributed by atoms with van der Waals surface area (Å²) in [5.74, 6) is 0.187. The van der Waals surface area contributed by atoms with E-state index < -0.39 is 5.41 Å². The van der Waals surface area contributed by atoms with Gasteiger partial charge < -0.3 is 10.2 Å². The number of amides is 2. The SMILES string of the molecule is O=C(Nc1ccccc1)C1CCN(C(=O)C2(c3cccc(Cl)c3)CC2)CC1. The number of likely N-dealkylation sites (tertiary alicyclic amines) is 1. The van der Waals surface area contributed by atoms with Gasteiger partial charge in [-0.2, -0.15) is 0 Å². The second kappa shape index (κ2) is 7.35. The molecule has 1 aliphatic heterocycles. The smallest absolute Gasteiger partial charge is 0.233 e. The highest BCUT2D eigenvalue weighted by Crippen LogP contribution is 2.50. The minimum atomic E-state index is -0.399. The van der Waals surface area contributed by atoms with Gasteiger partial charge in [-0.3, -0.25) is 9.59 Å². The zero-order valence-electron chi connectivity index (χ0n) is 15.2. The van der Waals surface area contributed by atoms with Gasteiger partial charge in [0.25, 0.3) is 0 Å². The Morgan fingerprint density at radius 2 is 1.70 bits per heavy atom. The molecule has 140 valence electrons. The van der Waals surface area contributed by atoms with E-state index in [1.165, 1.54) is 0 Å². The second-order valence-corrected chi connectivity index (χ2v) is 7.95. The molecular weight excluding hydrogens is 360 g/mol. The normalized spacial score (nSPS) is 18.8. The van der Waals surface area contributed by atoms with Crippen LogP contribution in [0.3, 0.4) is 0 Å². The van der Waals surface area contributed by atoms with E-state index in [1.807, 2.05) is 59.5 Å². The minimum Gasteiger partial charge on any atom is -0.342 e. The summed E-state index contributed by atoms with van der Waals surface area (Å²) in [6, 6.07) is 17.2. The highest BCUT2D eigenvalue weighted by Gasteiger charge is 2.53. The van der Waals surface area contributed by atoms with Crippen LogP contribution in [-0.4, -0.2) is 29.8 Å². The number of carbonyl (C=O) groups excluding carboxylic acids is 2. The second-order valence-electron chi connectivity index (χ2n) is 7.51. The number of para-hydroxylation sites is 1. The standard InChI is InChI=1S/C22H23ClN2O2/c23-18-6-4-5-17(15-18)22(11-12-22)21(27)25-13-9-16(10-14-25)20(26)24-19-7-2-1-3-8-19/h1-8,15-16H,9-14H2,(H,24,26). The summed E-state index contributed by atoms with van der Waals surface area (Å²) < 4.78 is 0. The molecule has 0 bridgehead atoms. The Bertz CT molecular complexity index is 840. The van der Waals surface area contributed by atoms with Crippen LogP contribution in [0.5, 0.6) is 0 Å². The predicted molar refractivity (Wildman–Crippen MR) is 107 cm³/mol. The molecule has 1 aliphatic carbocycles. The summed E-state index contributed by atoms with van der Waals surface area (Å²) in [6.07, 6.45) is 3.16. The summed E-state index contributed by atoms with van der Waals surface area (Å²) in [7, 11) is 0. The van der Waals surface area contributed by atoms with E-state index in [2.05, 4.69) is 5.32 Å². The van der Waals surface area contributed by atoms with Crippen LogP contribution in [0.15, 0.2) is 54.6 Å². The summed E-state index contributed by atoms with van der Waals surface area (Å²) in [5.41, 5.74) is 1.44. The quantitative estimate of drug-likeness (QED) is 0.859. The number of hydrogen-bond acceptors (Lipinski definition) is 2. The van der Waals surface area contributed by atoms with E-state index in [0.717, 1.165) is 24.1 Å². The first-order valence-electron chi connectivity index (χ1n) is 9.50. The Morgan fingerprint density at radius 1 is 1.00 bits per heavy atom. The lowest BCUT2D eigenvalue weighted by atomic mass is 9.91. The molecule has 2 fully saturated rings. The molecule has 2 amide bonds. The van der Waals surface area contributed by atoms with Crippen molar-refractivity contribution >= 4 is 29.1 Å². The lowest BCUT2D eigenvalue weighted by Gasteiger charge is -2.34. The average molecular weight is 383 g/mol. The van der Waals surface area contributed by atoms with E-state index in [0.29, 0.717) is 31.0 Å². The molecule has 27 heavy (non-hydrogen) atoms. The monoisotopic (exact) mass is 382 g/mol. The molecule has 0 unspecified atom stereocenters. The first-order valence-corrected chi connectivity index (χ1v) is 9.88. The molecule has 4 rings (SSSR count). The Kier molecular flexibility index (Phi) is 4.92. The van der Waals surface area contributed by atoms with E-state index >= 15 is 0 Å². The number of rotatable bonds is 4. The number of benzene rings is 2. The molecule has 2 aliphatic rings. The number of anilines is 1. The van der Waals surface area contributed by atoms with Crippen molar-refractivity contribution in [3.05, 3.63) is 65.2 Å². The Balaban J connectivity index is 1.36. The molecule has 2 aromatic rings. The number of nitrogens with zero attached hydrogens (tertiary/aromatic N) is 1. The van der Waals surface area contributed by atoms with Crippen molar-refractivity contribution in [2.24, 2.45) is 5.92 Å². The fourth-order valence-electron chi connectivity index (χ4n) is 3.95. The largest absolute Gasteiger partial charge is 0.342 e. The zero-order valence-corrected chi connectivity index (χ0v) is 15.9. The maximum absolute atomic E-state index is 13.1. The van der Waals surface area contributed by atoms with E-state index in [1.54, 1.807) is 0 Å². The number of piperidine rings is 1. The maximum atomic E-state index is 13.1. The zero-order chi connectivity index (χ0) is 18.9. The Labute approximate surface area is 164 Å². The molecular formula is C22H23ClN2O2. The lowest BCUT2D eigenvalue weighted by Crippen LogP contribution is -2.45. The third-order valence-electron chi connectivity index (χ3n) is 5.73. The molecule has 1 saturated heterocycles. The summed E-state index contributed by atoms with van der Waals surface area (Å²) in [4.78, 5) is 27.6. The van der Waals surface area contributed by atoms with Gasteiger partial charge in [0.15, 0.2) is 0 Å². The Hall–Kier alpha value is -2.33. The van der Waals surface area contributed by atoms with Crippen molar-refractivity contribution in [3.8, 4) is 0 Å². The van der Waals surface area contributed by atoms with E-state index in [-0.39, 0.29) is 17.7 Å². The van der Waals surface area contributed by atoms with Gasteiger partial charge in [-0.1, -0.05) is 41.9 Å². The average Bonchev–Trinajstić information content (AvgIpc) is 3.50. The molecule has 1 saturated carbocycles. The molecule has 0 aromatic heterocycles. The molecule has 0 atom stereocenters. The number of nitrogens with one attached hydrogen (secondary N) is 1. The van der Waals surface area contributed by atoms with Crippen LogP contribution in [0.1, 0.15) is 31.2 Å². The van der Waals surface area contributed by atoms with Crippen molar-refractivity contribution < 1.29 is 9.59 Å². The fourth-order valence-corrected chi connectivity index (χ4v) is 4.14. The van der Waals surface area contributed by atoms with E-state index in [9.17, 15) is 9.59 Å². The first kappa shape index (κ1) is 18.1. The third-order valence-corrected chi connectivity index (χ3v) is 5.97. The predicted octanol–water partition coefficient (Wildman–Crippen LogP) is 4.25. The van der Waals surface area contributed by atoms with Crippen LogP contribution in [0.4, 0.5) is 5.69 Å². The van der Waals surface area contributed by atoms with Crippen LogP contribution < -0.4 is 5.32 Å². The van der Waals surface area contributed by atoms with Gasteiger partial charge in [-0.15, -0.1) is 0 Å². The molecule has 0 radical (unpaired) electrons. The first-order chi connectivity index (χ1) is 13.1. The highest BCUT2D eigenvalue weighted by atomic mass is 35.5. The van der Waals surface area contributed by atoms with Gasteiger partial charge in [0.2, 0.25) is 11.8 Å². The summed E-state index contributed by atoms with van der Waals surface area (Å²) >= 11 is 6.12. The Morgan fingerprint density at radius 3 is 2.33 bits per heavy atom. The van der Waals surface area contributed by atoms with Crippen molar-refractivity contribution in [2.75, 3.05) is 18.4 Å². The molecule has 2 aromatic carbocycles. The van der Waals surface area contributed by atoms with Gasteiger partial charge in [-0.05, 0) is 55.5 Å². The molecule has 0 spiro atoms. The third kappa shape index (κ3) is 3.72. The van der Waals surface area contributed by atoms with Gasteiger partial charge in [-0.25, -0.2) is 0 Å². The van der Waals surface area contributed by atoms with Gasteiger partial charge in [0, 0.05) is 29.7 Å². The topological polar surface area (TPSA) is 49.4 Å². The fraction of sp³-hybridized carbons (Fsp3) is 0.364. The van der Waals surface area contributed by atoms with Crippen LogP contribution in [0.2, 0.25) is 5.02 Å². The highest BCUT2D eigenvalue weighted by molar-refractivity contribution is 6.30. The van der Waals surface area contributed by atoms with Crippen molar-refractivity contribution in [2.45, 2.75) is 31.1 Å². The van der Waals surface area contributed by atoms with Gasteiger partial charge in [0.1, 0.15) is 0 Å². The maximum Gasteiger partial charge on any atom is 0.233 e. The van der Waals surface area contributed by atoms with Crippen molar-refractivity contribution in [3.63, 3.8) is 0 Å². The number of carbonyl (C=O) groups is 2. The van der Waals surface area contributed by atoms with Crippen LogP contribution in [0, 0.1) is 5.92 Å². The number of halogens is 1.